The van der Waals surface area contributed by atoms with E-state index in [1.807, 2.05) is 0 Å². The van der Waals surface area contributed by atoms with Crippen LogP contribution in [0.2, 0.25) is 0 Å². The number of nitrogens with zero attached hydrogens (tertiary/aromatic N) is 1. The van der Waals surface area contributed by atoms with Crippen LogP contribution < -0.4 is 0 Å². The van der Waals surface area contributed by atoms with Crippen molar-refractivity contribution in [2.45, 2.75) is 169 Å². The highest BCUT2D eigenvalue weighted by Gasteiger charge is 2.32. The van der Waals surface area contributed by atoms with Gasteiger partial charge in [-0.25, -0.2) is 0 Å². The fraction of sp³-hybridized carbons (Fsp3) is 0.943. The number of hydrogen-bond donors (Lipinski definition) is 0. The van der Waals surface area contributed by atoms with Crippen molar-refractivity contribution in [3.05, 3.63) is 0 Å². The number of esters is 2. The Hall–Kier alpha value is -1.10. The molecule has 1 aliphatic heterocycles. The summed E-state index contributed by atoms with van der Waals surface area (Å²) < 4.78 is 12.3. The first-order valence-electron chi connectivity index (χ1n) is 17.5. The van der Waals surface area contributed by atoms with E-state index in [-0.39, 0.29) is 42.4 Å². The van der Waals surface area contributed by atoms with Gasteiger partial charge in [0.15, 0.2) is 0 Å². The molecule has 40 heavy (non-hydrogen) atoms. The molecular weight excluding hydrogens is 498 g/mol. The first kappa shape index (κ1) is 36.9. The molecule has 5 heteroatoms. The van der Waals surface area contributed by atoms with E-state index in [1.165, 1.54) is 64.2 Å². The highest BCUT2D eigenvalue weighted by atomic mass is 16.6. The molecule has 0 aromatic rings. The zero-order chi connectivity index (χ0) is 29.4. The van der Waals surface area contributed by atoms with Gasteiger partial charge in [0, 0.05) is 0 Å². The Morgan fingerprint density at radius 3 is 1.75 bits per heavy atom. The van der Waals surface area contributed by atoms with Gasteiger partial charge in [-0.3, -0.25) is 9.59 Å². The Labute approximate surface area is 248 Å². The fourth-order valence-corrected chi connectivity index (χ4v) is 6.05. The van der Waals surface area contributed by atoms with Crippen molar-refractivity contribution in [1.29, 1.82) is 0 Å². The first-order chi connectivity index (χ1) is 19.5. The SMILES string of the molecule is CCCCCCCCC(CCCCCC)C(=O)OCC(OC(=O)C1CCN(C)CC1)C(CCCC)CCCCC. The van der Waals surface area contributed by atoms with Crippen molar-refractivity contribution in [2.75, 3.05) is 26.7 Å². The van der Waals surface area contributed by atoms with Gasteiger partial charge in [0.05, 0.1) is 11.8 Å². The maximum Gasteiger partial charge on any atom is 0.309 e. The maximum absolute atomic E-state index is 13.4. The molecule has 1 heterocycles. The van der Waals surface area contributed by atoms with E-state index in [0.717, 1.165) is 83.7 Å². The maximum atomic E-state index is 13.4. The van der Waals surface area contributed by atoms with Crippen LogP contribution in [0.25, 0.3) is 0 Å². The topological polar surface area (TPSA) is 55.8 Å². The zero-order valence-electron chi connectivity index (χ0n) is 27.4. The van der Waals surface area contributed by atoms with Crippen molar-refractivity contribution < 1.29 is 19.1 Å². The van der Waals surface area contributed by atoms with Crippen LogP contribution >= 0.6 is 0 Å². The van der Waals surface area contributed by atoms with Crippen LogP contribution in [-0.4, -0.2) is 49.7 Å². The van der Waals surface area contributed by atoms with Gasteiger partial charge in [-0.15, -0.1) is 0 Å². The first-order valence-corrected chi connectivity index (χ1v) is 17.5. The lowest BCUT2D eigenvalue weighted by Crippen LogP contribution is -2.39. The molecule has 0 saturated carbocycles. The second kappa shape index (κ2) is 24.5. The molecule has 0 amide bonds. The normalized spacial score (nSPS) is 16.9. The summed E-state index contributed by atoms with van der Waals surface area (Å²) in [6.07, 6.45) is 23.2. The minimum Gasteiger partial charge on any atom is -0.462 e. The van der Waals surface area contributed by atoms with Gasteiger partial charge < -0.3 is 14.4 Å². The quantitative estimate of drug-likeness (QED) is 0.0815. The number of carbonyl (C=O) groups is 2. The Morgan fingerprint density at radius 2 is 1.15 bits per heavy atom. The van der Waals surface area contributed by atoms with Crippen molar-refractivity contribution >= 4 is 11.9 Å². The van der Waals surface area contributed by atoms with Crippen LogP contribution in [-0.2, 0) is 19.1 Å². The van der Waals surface area contributed by atoms with Gasteiger partial charge in [0.25, 0.3) is 0 Å². The average molecular weight is 566 g/mol. The standard InChI is InChI=1S/C35H67NO4/c1-6-10-14-16-17-20-24-31(23-19-15-11-7-2)34(37)39-29-33(30(21-13-9-4)22-18-12-8-3)40-35(38)32-25-27-36(5)28-26-32/h30-33H,6-29H2,1-5H3. The molecule has 1 saturated heterocycles. The van der Waals surface area contributed by atoms with E-state index in [4.69, 9.17) is 9.47 Å². The second-order valence-electron chi connectivity index (χ2n) is 12.7. The van der Waals surface area contributed by atoms with E-state index >= 15 is 0 Å². The van der Waals surface area contributed by atoms with E-state index in [1.54, 1.807) is 0 Å². The fourth-order valence-electron chi connectivity index (χ4n) is 6.05. The lowest BCUT2D eigenvalue weighted by Gasteiger charge is -2.32. The van der Waals surface area contributed by atoms with E-state index in [2.05, 4.69) is 39.6 Å². The van der Waals surface area contributed by atoms with Crippen molar-refractivity contribution in [1.82, 2.24) is 4.90 Å². The summed E-state index contributed by atoms with van der Waals surface area (Å²) in [7, 11) is 2.11. The summed E-state index contributed by atoms with van der Waals surface area (Å²) in [5.41, 5.74) is 0. The molecule has 0 aliphatic carbocycles. The molecule has 0 aromatic heterocycles. The van der Waals surface area contributed by atoms with E-state index in [0.29, 0.717) is 0 Å². The van der Waals surface area contributed by atoms with Gasteiger partial charge in [0.1, 0.15) is 12.7 Å². The van der Waals surface area contributed by atoms with Gasteiger partial charge in [0.2, 0.25) is 0 Å². The van der Waals surface area contributed by atoms with E-state index in [9.17, 15) is 9.59 Å². The lowest BCUT2D eigenvalue weighted by molar-refractivity contribution is -0.169. The number of likely N-dealkylation sites (tertiary alicyclic amines) is 1. The Bertz CT molecular complexity index is 617. The summed E-state index contributed by atoms with van der Waals surface area (Å²) in [6.45, 7) is 11.0. The van der Waals surface area contributed by atoms with Crippen LogP contribution in [0, 0.1) is 17.8 Å². The van der Waals surface area contributed by atoms with Crippen LogP contribution in [0.15, 0.2) is 0 Å². The largest absolute Gasteiger partial charge is 0.462 e. The van der Waals surface area contributed by atoms with Crippen molar-refractivity contribution in [2.24, 2.45) is 17.8 Å². The molecule has 0 N–H and O–H groups in total. The third-order valence-electron chi connectivity index (χ3n) is 8.99. The Morgan fingerprint density at radius 1 is 0.675 bits per heavy atom. The molecular formula is C35H67NO4. The van der Waals surface area contributed by atoms with Crippen LogP contribution in [0.3, 0.4) is 0 Å². The molecule has 0 spiro atoms. The molecule has 0 aromatic carbocycles. The smallest absolute Gasteiger partial charge is 0.309 e. The van der Waals surface area contributed by atoms with Gasteiger partial charge in [-0.1, -0.05) is 124 Å². The predicted molar refractivity (Wildman–Crippen MR) is 168 cm³/mol. The number of unbranched alkanes of at least 4 members (excludes halogenated alkanes) is 11. The highest BCUT2D eigenvalue weighted by molar-refractivity contribution is 5.73. The highest BCUT2D eigenvalue weighted by Crippen LogP contribution is 2.27. The number of hydrogen-bond acceptors (Lipinski definition) is 5. The molecule has 1 fully saturated rings. The van der Waals surface area contributed by atoms with Crippen LogP contribution in [0.4, 0.5) is 0 Å². The predicted octanol–water partition coefficient (Wildman–Crippen LogP) is 9.51. The van der Waals surface area contributed by atoms with Crippen LogP contribution in [0.1, 0.15) is 163 Å². The van der Waals surface area contributed by atoms with Gasteiger partial charge in [-0.05, 0) is 64.6 Å². The minimum absolute atomic E-state index is 0.0255. The minimum atomic E-state index is -0.325. The summed E-state index contributed by atoms with van der Waals surface area (Å²) in [5, 5.41) is 0. The third kappa shape index (κ3) is 17.0. The average Bonchev–Trinajstić information content (AvgIpc) is 2.96. The molecule has 1 rings (SSSR count). The Balaban J connectivity index is 2.86. The molecule has 5 nitrogen and oxygen atoms in total. The monoisotopic (exact) mass is 566 g/mol. The summed E-state index contributed by atoms with van der Waals surface area (Å²) in [6, 6.07) is 0. The molecule has 236 valence electrons. The van der Waals surface area contributed by atoms with Crippen molar-refractivity contribution in [3.63, 3.8) is 0 Å². The molecule has 0 radical (unpaired) electrons. The molecule has 1 aliphatic rings. The third-order valence-corrected chi connectivity index (χ3v) is 8.99. The van der Waals surface area contributed by atoms with E-state index < -0.39 is 0 Å². The summed E-state index contributed by atoms with van der Waals surface area (Å²) in [4.78, 5) is 29.0. The number of ether oxygens (including phenoxy) is 2. The van der Waals surface area contributed by atoms with Crippen LogP contribution in [0.5, 0.6) is 0 Å². The molecule has 0 bridgehead atoms. The van der Waals surface area contributed by atoms with Gasteiger partial charge in [-0.2, -0.15) is 0 Å². The van der Waals surface area contributed by atoms with Crippen molar-refractivity contribution in [3.8, 4) is 0 Å². The summed E-state index contributed by atoms with van der Waals surface area (Å²) >= 11 is 0. The molecule has 3 atom stereocenters. The van der Waals surface area contributed by atoms with Gasteiger partial charge >= 0.3 is 11.9 Å². The Kier molecular flexibility index (Phi) is 22.6. The number of piperidine rings is 1. The molecule has 3 unspecified atom stereocenters. The second-order valence-corrected chi connectivity index (χ2v) is 12.7. The summed E-state index contributed by atoms with van der Waals surface area (Å²) in [5.74, 6) is 0.0666. The lowest BCUT2D eigenvalue weighted by atomic mass is 9.90. The zero-order valence-corrected chi connectivity index (χ0v) is 27.4. The number of carbonyl (C=O) groups excluding carboxylic acids is 2. The number of rotatable bonds is 25.